The van der Waals surface area contributed by atoms with Crippen molar-refractivity contribution in [3.8, 4) is 0 Å². The van der Waals surface area contributed by atoms with E-state index >= 15 is 4.39 Å². The Bertz CT molecular complexity index is 1600. The Morgan fingerprint density at radius 1 is 1.12 bits per heavy atom. The summed E-state index contributed by atoms with van der Waals surface area (Å²) in [6.45, 7) is 4.12. The number of hydrogen-bond acceptors (Lipinski definition) is 8. The fourth-order valence-electron chi connectivity index (χ4n) is 5.41. The molecule has 2 N–H and O–H groups in total. The van der Waals surface area contributed by atoms with E-state index in [9.17, 15) is 24.3 Å². The average molecular weight is 565 g/mol. The van der Waals surface area contributed by atoms with Crippen LogP contribution in [-0.4, -0.2) is 78.0 Å². The smallest absolute Gasteiger partial charge is 0.414 e. The molecule has 2 aliphatic heterocycles. The first-order chi connectivity index (χ1) is 19.7. The molecule has 3 aliphatic rings. The average Bonchev–Trinajstić information content (AvgIpc) is 3.73. The molecule has 0 radical (unpaired) electrons. The SMILES string of the molecule is CC(=O)NC[C@H]1CN(c2ccc(N3CCN(c4cc5c(cc4F)c(=O)c(C(=O)O)cn5C4CC4)CC3)nc2)C(=O)O1. The fourth-order valence-corrected chi connectivity index (χ4v) is 5.41. The normalized spacial score (nSPS) is 19.0. The van der Waals surface area contributed by atoms with Crippen LogP contribution in [0.2, 0.25) is 0 Å². The van der Waals surface area contributed by atoms with Crippen molar-refractivity contribution in [2.24, 2.45) is 0 Å². The number of aromatic carboxylic acids is 1. The van der Waals surface area contributed by atoms with Crippen LogP contribution < -0.4 is 25.4 Å². The summed E-state index contributed by atoms with van der Waals surface area (Å²) in [5.74, 6) is -1.36. The van der Waals surface area contributed by atoms with Crippen molar-refractivity contribution < 1.29 is 28.6 Å². The molecule has 0 unspecified atom stereocenters. The number of fused-ring (bicyclic) bond motifs is 1. The van der Waals surface area contributed by atoms with Gasteiger partial charge in [0.25, 0.3) is 0 Å². The molecule has 1 saturated carbocycles. The number of carbonyl (C=O) groups is 3. The number of carboxylic acid groups (broad SMARTS) is 1. The van der Waals surface area contributed by atoms with E-state index < -0.39 is 29.4 Å². The second kappa shape index (κ2) is 10.4. The van der Waals surface area contributed by atoms with Gasteiger partial charge in [-0.15, -0.1) is 0 Å². The molecule has 41 heavy (non-hydrogen) atoms. The maximum atomic E-state index is 15.3. The molecule has 1 atom stereocenters. The van der Waals surface area contributed by atoms with Gasteiger partial charge >= 0.3 is 12.1 Å². The topological polar surface area (TPSA) is 137 Å². The van der Waals surface area contributed by atoms with Crippen molar-refractivity contribution in [2.45, 2.75) is 31.9 Å². The first kappa shape index (κ1) is 26.5. The van der Waals surface area contributed by atoms with Crippen LogP contribution in [0.3, 0.4) is 0 Å². The maximum Gasteiger partial charge on any atom is 0.414 e. The van der Waals surface area contributed by atoms with Crippen LogP contribution in [0, 0.1) is 5.82 Å². The summed E-state index contributed by atoms with van der Waals surface area (Å²) >= 11 is 0. The quantitative estimate of drug-likeness (QED) is 0.443. The molecule has 1 aromatic carbocycles. The Morgan fingerprint density at radius 3 is 2.49 bits per heavy atom. The van der Waals surface area contributed by atoms with E-state index in [-0.39, 0.29) is 29.4 Å². The molecule has 214 valence electrons. The predicted octanol–water partition coefficient (Wildman–Crippen LogP) is 2.36. The zero-order valence-electron chi connectivity index (χ0n) is 22.4. The highest BCUT2D eigenvalue weighted by atomic mass is 19.1. The predicted molar refractivity (Wildman–Crippen MR) is 148 cm³/mol. The number of cyclic esters (lactones) is 1. The Morgan fingerprint density at radius 2 is 1.85 bits per heavy atom. The van der Waals surface area contributed by atoms with Gasteiger partial charge in [-0.05, 0) is 37.1 Å². The molecule has 13 heteroatoms. The number of amides is 2. The standard InChI is InChI=1S/C28H29FN6O6/c1-16(36)30-13-19-14-35(28(40)41-19)18-4-5-25(31-12-18)33-8-6-32(7-9-33)24-11-23-20(10-22(24)29)26(37)21(27(38)39)15-34(23)17-2-3-17/h4-5,10-12,15,17,19H,2-3,6-9,13-14H2,1H3,(H,30,36)(H,38,39)/t19-/m0/s1. The molecule has 0 spiro atoms. The molecular formula is C28H29FN6O6. The van der Waals surface area contributed by atoms with Crippen molar-refractivity contribution in [1.82, 2.24) is 14.9 Å². The van der Waals surface area contributed by atoms with Crippen LogP contribution in [0.25, 0.3) is 10.9 Å². The second-order valence-electron chi connectivity index (χ2n) is 10.5. The number of benzene rings is 1. The number of pyridine rings is 2. The number of nitrogens with one attached hydrogen (secondary N) is 1. The molecule has 0 bridgehead atoms. The zero-order valence-corrected chi connectivity index (χ0v) is 22.4. The largest absolute Gasteiger partial charge is 0.477 e. The number of hydrogen-bond donors (Lipinski definition) is 2. The third kappa shape index (κ3) is 5.14. The Labute approximate surface area is 233 Å². The number of aromatic nitrogens is 2. The first-order valence-corrected chi connectivity index (χ1v) is 13.5. The van der Waals surface area contributed by atoms with Gasteiger partial charge in [-0.25, -0.2) is 19.0 Å². The fraction of sp³-hybridized carbons (Fsp3) is 0.393. The lowest BCUT2D eigenvalue weighted by Gasteiger charge is -2.37. The molecule has 2 aromatic heterocycles. The molecule has 2 saturated heterocycles. The van der Waals surface area contributed by atoms with Gasteiger partial charge in [0.1, 0.15) is 23.3 Å². The van der Waals surface area contributed by atoms with Crippen LogP contribution in [0.15, 0.2) is 41.5 Å². The minimum atomic E-state index is -1.32. The zero-order chi connectivity index (χ0) is 28.8. The molecule has 6 rings (SSSR count). The maximum absolute atomic E-state index is 15.3. The number of piperazine rings is 1. The van der Waals surface area contributed by atoms with Gasteiger partial charge in [0.05, 0.1) is 36.2 Å². The Hall–Kier alpha value is -4.68. The van der Waals surface area contributed by atoms with E-state index in [1.54, 1.807) is 22.9 Å². The Kier molecular flexibility index (Phi) is 6.72. The summed E-state index contributed by atoms with van der Waals surface area (Å²) in [6, 6.07) is 6.54. The molecular weight excluding hydrogens is 535 g/mol. The minimum absolute atomic E-state index is 0.0734. The van der Waals surface area contributed by atoms with Crippen molar-refractivity contribution in [3.05, 3.63) is 58.3 Å². The van der Waals surface area contributed by atoms with Gasteiger partial charge < -0.3 is 29.5 Å². The van der Waals surface area contributed by atoms with Crippen LogP contribution in [0.4, 0.5) is 26.4 Å². The highest BCUT2D eigenvalue weighted by Crippen LogP contribution is 2.38. The lowest BCUT2D eigenvalue weighted by molar-refractivity contribution is -0.119. The summed E-state index contributed by atoms with van der Waals surface area (Å²) in [5, 5.41) is 12.2. The minimum Gasteiger partial charge on any atom is -0.477 e. The number of anilines is 3. The summed E-state index contributed by atoms with van der Waals surface area (Å²) in [4.78, 5) is 57.8. The van der Waals surface area contributed by atoms with Gasteiger partial charge in [0.15, 0.2) is 0 Å². The summed E-state index contributed by atoms with van der Waals surface area (Å²) in [7, 11) is 0. The number of carboxylic acids is 1. The van der Waals surface area contributed by atoms with Crippen LogP contribution >= 0.6 is 0 Å². The van der Waals surface area contributed by atoms with Crippen molar-refractivity contribution in [1.29, 1.82) is 0 Å². The lowest BCUT2D eigenvalue weighted by Crippen LogP contribution is -2.47. The highest BCUT2D eigenvalue weighted by molar-refractivity contribution is 5.94. The molecule has 2 amide bonds. The van der Waals surface area contributed by atoms with Gasteiger partial charge in [-0.1, -0.05) is 0 Å². The van der Waals surface area contributed by atoms with Gasteiger partial charge in [-0.2, -0.15) is 0 Å². The third-order valence-electron chi connectivity index (χ3n) is 7.71. The molecule has 3 aromatic rings. The third-order valence-corrected chi connectivity index (χ3v) is 7.71. The van der Waals surface area contributed by atoms with Crippen molar-refractivity contribution in [3.63, 3.8) is 0 Å². The van der Waals surface area contributed by atoms with Crippen molar-refractivity contribution in [2.75, 3.05) is 54.0 Å². The van der Waals surface area contributed by atoms with Gasteiger partial charge in [-0.3, -0.25) is 14.5 Å². The highest BCUT2D eigenvalue weighted by Gasteiger charge is 2.33. The molecule has 4 heterocycles. The summed E-state index contributed by atoms with van der Waals surface area (Å²) < 4.78 is 22.4. The van der Waals surface area contributed by atoms with E-state index in [1.807, 2.05) is 11.0 Å². The number of ether oxygens (including phenoxy) is 1. The lowest BCUT2D eigenvalue weighted by atomic mass is 10.1. The van der Waals surface area contributed by atoms with Crippen LogP contribution in [0.1, 0.15) is 36.2 Å². The van der Waals surface area contributed by atoms with Gasteiger partial charge in [0.2, 0.25) is 11.3 Å². The Balaban J connectivity index is 1.15. The van der Waals surface area contributed by atoms with Crippen LogP contribution in [-0.2, 0) is 9.53 Å². The number of carbonyl (C=O) groups excluding carboxylic acids is 2. The number of rotatable bonds is 7. The molecule has 3 fully saturated rings. The van der Waals surface area contributed by atoms with E-state index in [0.29, 0.717) is 49.6 Å². The van der Waals surface area contributed by atoms with Crippen molar-refractivity contribution >= 4 is 46.1 Å². The second-order valence-corrected chi connectivity index (χ2v) is 10.5. The monoisotopic (exact) mass is 564 g/mol. The van der Waals surface area contributed by atoms with E-state index in [0.717, 1.165) is 24.7 Å². The van der Waals surface area contributed by atoms with Crippen LogP contribution in [0.5, 0.6) is 0 Å². The van der Waals surface area contributed by atoms with Gasteiger partial charge in [0, 0.05) is 50.7 Å². The summed E-state index contributed by atoms with van der Waals surface area (Å²) in [5.41, 5.74) is 0.473. The summed E-state index contributed by atoms with van der Waals surface area (Å²) in [6.07, 6.45) is 3.82. The van der Waals surface area contributed by atoms with E-state index in [1.165, 1.54) is 18.0 Å². The van der Waals surface area contributed by atoms with E-state index in [2.05, 4.69) is 15.2 Å². The van der Waals surface area contributed by atoms with E-state index in [4.69, 9.17) is 4.74 Å². The number of halogens is 1. The first-order valence-electron chi connectivity index (χ1n) is 13.5. The molecule has 1 aliphatic carbocycles. The number of nitrogens with zero attached hydrogens (tertiary/aromatic N) is 5. The molecule has 12 nitrogen and oxygen atoms in total.